The van der Waals surface area contributed by atoms with Crippen molar-refractivity contribution >= 4 is 23.4 Å². The Morgan fingerprint density at radius 1 is 1.10 bits per heavy atom. The van der Waals surface area contributed by atoms with Gasteiger partial charge in [0, 0.05) is 18.3 Å². The number of hydrogen-bond donors (Lipinski definition) is 0. The van der Waals surface area contributed by atoms with Crippen LogP contribution in [0.15, 0.2) is 52.2 Å². The third-order valence-electron chi connectivity index (χ3n) is 5.86. The standard InChI is InChI=1S/C22H24N4O2S/c27-20(25-13-12-16-7-4-5-10-18(16)25)15-29-22-24-23-21(19-11-6-14-28-19)26(22)17-8-2-1-3-9-17/h4-7,10-11,14,17H,1-3,8-9,12-13,15H2. The number of anilines is 1. The fraction of sp³-hybridized carbons (Fsp3) is 0.409. The fourth-order valence-electron chi connectivity index (χ4n) is 4.42. The Balaban J connectivity index is 1.36. The predicted octanol–water partition coefficient (Wildman–Crippen LogP) is 4.72. The molecule has 7 heteroatoms. The Bertz CT molecular complexity index is 992. The van der Waals surface area contributed by atoms with Gasteiger partial charge in [-0.15, -0.1) is 10.2 Å². The van der Waals surface area contributed by atoms with Crippen molar-refractivity contribution in [2.75, 3.05) is 17.2 Å². The quantitative estimate of drug-likeness (QED) is 0.571. The van der Waals surface area contributed by atoms with Crippen LogP contribution in [0.3, 0.4) is 0 Å². The summed E-state index contributed by atoms with van der Waals surface area (Å²) in [6.07, 6.45) is 8.54. The number of nitrogens with zero attached hydrogens (tertiary/aromatic N) is 4. The van der Waals surface area contributed by atoms with E-state index in [9.17, 15) is 4.79 Å². The lowest BCUT2D eigenvalue weighted by Gasteiger charge is -2.25. The van der Waals surface area contributed by atoms with Crippen molar-refractivity contribution in [1.82, 2.24) is 14.8 Å². The number of thioether (sulfide) groups is 1. The smallest absolute Gasteiger partial charge is 0.237 e. The molecule has 0 spiro atoms. The lowest BCUT2D eigenvalue weighted by Crippen LogP contribution is -2.30. The molecule has 5 rings (SSSR count). The molecule has 0 radical (unpaired) electrons. The molecule has 0 bridgehead atoms. The van der Waals surface area contributed by atoms with Gasteiger partial charge in [-0.05, 0) is 43.0 Å². The number of carbonyl (C=O) groups is 1. The summed E-state index contributed by atoms with van der Waals surface area (Å²) in [6.45, 7) is 0.756. The molecule has 6 nitrogen and oxygen atoms in total. The minimum atomic E-state index is 0.123. The molecule has 1 aliphatic heterocycles. The highest BCUT2D eigenvalue weighted by atomic mass is 32.2. The molecular formula is C22H24N4O2S. The van der Waals surface area contributed by atoms with Gasteiger partial charge in [0.05, 0.1) is 12.0 Å². The maximum atomic E-state index is 12.9. The molecule has 1 saturated carbocycles. The normalized spacial score (nSPS) is 16.9. The SMILES string of the molecule is O=C(CSc1nnc(-c2ccco2)n1C1CCCCC1)N1CCc2ccccc21. The molecule has 3 aromatic rings. The van der Waals surface area contributed by atoms with Crippen molar-refractivity contribution in [3.63, 3.8) is 0 Å². The van der Waals surface area contributed by atoms with Crippen molar-refractivity contribution in [3.8, 4) is 11.6 Å². The van der Waals surface area contributed by atoms with Crippen molar-refractivity contribution in [2.45, 2.75) is 49.7 Å². The molecule has 1 fully saturated rings. The first-order valence-electron chi connectivity index (χ1n) is 10.3. The van der Waals surface area contributed by atoms with Gasteiger partial charge in [0.2, 0.25) is 11.7 Å². The zero-order chi connectivity index (χ0) is 19.6. The van der Waals surface area contributed by atoms with Crippen molar-refractivity contribution in [1.29, 1.82) is 0 Å². The lowest BCUT2D eigenvalue weighted by molar-refractivity contribution is -0.116. The summed E-state index contributed by atoms with van der Waals surface area (Å²) in [7, 11) is 0. The largest absolute Gasteiger partial charge is 0.461 e. The van der Waals surface area contributed by atoms with Crippen molar-refractivity contribution < 1.29 is 9.21 Å². The molecule has 0 saturated heterocycles. The Morgan fingerprint density at radius 2 is 1.97 bits per heavy atom. The van der Waals surface area contributed by atoms with Crippen LogP contribution in [0.4, 0.5) is 5.69 Å². The summed E-state index contributed by atoms with van der Waals surface area (Å²) in [5.41, 5.74) is 2.29. The molecule has 2 aliphatic rings. The zero-order valence-electron chi connectivity index (χ0n) is 16.3. The van der Waals surface area contributed by atoms with Crippen LogP contribution in [0.2, 0.25) is 0 Å². The Labute approximate surface area is 174 Å². The minimum Gasteiger partial charge on any atom is -0.461 e. The van der Waals surface area contributed by atoms with Gasteiger partial charge in [0.1, 0.15) is 0 Å². The topological polar surface area (TPSA) is 64.2 Å². The first-order valence-corrected chi connectivity index (χ1v) is 11.3. The second-order valence-corrected chi connectivity index (χ2v) is 8.60. The highest BCUT2D eigenvalue weighted by molar-refractivity contribution is 7.99. The summed E-state index contributed by atoms with van der Waals surface area (Å²) in [5, 5.41) is 9.66. The van der Waals surface area contributed by atoms with Gasteiger partial charge in [-0.2, -0.15) is 0 Å². The van der Waals surface area contributed by atoms with Crippen LogP contribution in [0, 0.1) is 0 Å². The summed E-state index contributed by atoms with van der Waals surface area (Å²) in [4.78, 5) is 14.8. The number of benzene rings is 1. The molecule has 29 heavy (non-hydrogen) atoms. The highest BCUT2D eigenvalue weighted by Crippen LogP contribution is 2.36. The molecule has 0 N–H and O–H groups in total. The molecular weight excluding hydrogens is 384 g/mol. The molecule has 150 valence electrons. The molecule has 0 atom stereocenters. The monoisotopic (exact) mass is 408 g/mol. The second kappa shape index (κ2) is 8.06. The average molecular weight is 409 g/mol. The predicted molar refractivity (Wildman–Crippen MR) is 113 cm³/mol. The van der Waals surface area contributed by atoms with E-state index in [4.69, 9.17) is 4.42 Å². The van der Waals surface area contributed by atoms with Crippen molar-refractivity contribution in [2.24, 2.45) is 0 Å². The number of carbonyl (C=O) groups excluding carboxylic acids is 1. The minimum absolute atomic E-state index is 0.123. The van der Waals surface area contributed by atoms with Crippen LogP contribution in [-0.2, 0) is 11.2 Å². The molecule has 1 amide bonds. The van der Waals surface area contributed by atoms with Crippen LogP contribution in [-0.4, -0.2) is 33.0 Å². The van der Waals surface area contributed by atoms with E-state index in [1.165, 1.54) is 36.6 Å². The van der Waals surface area contributed by atoms with E-state index >= 15 is 0 Å². The fourth-order valence-corrected chi connectivity index (χ4v) is 5.30. The second-order valence-electron chi connectivity index (χ2n) is 7.66. The highest BCUT2D eigenvalue weighted by Gasteiger charge is 2.27. The van der Waals surface area contributed by atoms with Gasteiger partial charge >= 0.3 is 0 Å². The van der Waals surface area contributed by atoms with Gasteiger partial charge in [0.15, 0.2) is 10.9 Å². The number of para-hydroxylation sites is 1. The number of amides is 1. The first kappa shape index (κ1) is 18.5. The first-order chi connectivity index (χ1) is 14.3. The van der Waals surface area contributed by atoms with E-state index < -0.39 is 0 Å². The molecule has 1 aliphatic carbocycles. The molecule has 3 heterocycles. The van der Waals surface area contributed by atoms with Crippen molar-refractivity contribution in [3.05, 3.63) is 48.2 Å². The Kier molecular flexibility index (Phi) is 5.14. The third-order valence-corrected chi connectivity index (χ3v) is 6.79. The lowest BCUT2D eigenvalue weighted by atomic mass is 9.95. The third kappa shape index (κ3) is 3.59. The molecule has 2 aromatic heterocycles. The van der Waals surface area contributed by atoms with Crippen LogP contribution >= 0.6 is 11.8 Å². The zero-order valence-corrected chi connectivity index (χ0v) is 17.1. The van der Waals surface area contributed by atoms with E-state index in [1.54, 1.807) is 6.26 Å². The van der Waals surface area contributed by atoms with E-state index in [0.717, 1.165) is 48.2 Å². The number of fused-ring (bicyclic) bond motifs is 1. The summed E-state index contributed by atoms with van der Waals surface area (Å²) in [5.74, 6) is 1.98. The number of aromatic nitrogens is 3. The summed E-state index contributed by atoms with van der Waals surface area (Å²) < 4.78 is 7.80. The van der Waals surface area contributed by atoms with E-state index in [0.29, 0.717) is 11.8 Å². The summed E-state index contributed by atoms with van der Waals surface area (Å²) >= 11 is 1.48. The maximum absolute atomic E-state index is 12.9. The maximum Gasteiger partial charge on any atom is 0.237 e. The average Bonchev–Trinajstić information content (AvgIpc) is 3.51. The van der Waals surface area contributed by atoms with Gasteiger partial charge < -0.3 is 9.32 Å². The number of furan rings is 1. The van der Waals surface area contributed by atoms with E-state index in [-0.39, 0.29) is 5.91 Å². The van der Waals surface area contributed by atoms with Gasteiger partial charge in [-0.3, -0.25) is 9.36 Å². The Morgan fingerprint density at radius 3 is 2.79 bits per heavy atom. The van der Waals surface area contributed by atoms with Crippen LogP contribution < -0.4 is 4.90 Å². The Hall–Kier alpha value is -2.54. The van der Waals surface area contributed by atoms with Crippen LogP contribution in [0.1, 0.15) is 43.7 Å². The van der Waals surface area contributed by atoms with Gasteiger partial charge in [-0.1, -0.05) is 49.2 Å². The summed E-state index contributed by atoms with van der Waals surface area (Å²) in [6, 6.07) is 12.3. The number of hydrogen-bond acceptors (Lipinski definition) is 5. The van der Waals surface area contributed by atoms with E-state index in [1.807, 2.05) is 35.2 Å². The van der Waals surface area contributed by atoms with Gasteiger partial charge in [-0.25, -0.2) is 0 Å². The molecule has 1 aromatic carbocycles. The van der Waals surface area contributed by atoms with Gasteiger partial charge in [0.25, 0.3) is 0 Å². The van der Waals surface area contributed by atoms with Crippen LogP contribution in [0.25, 0.3) is 11.6 Å². The van der Waals surface area contributed by atoms with E-state index in [2.05, 4.69) is 20.8 Å². The molecule has 0 unspecified atom stereocenters. The van der Waals surface area contributed by atoms with Crippen LogP contribution in [0.5, 0.6) is 0 Å². The number of rotatable bonds is 5.